The standard InChI is InChI=1S/C18H22ClN3O3/c1-4-10(2)16(18(24)25)20-15(23)9-14-11(3)21-22-17(14)12-5-7-13(19)8-6-12/h5-8,10,16H,4,9H2,1-3H3,(H,20,23)(H,21,22)(H,24,25)/t10-,16+/m0/s1. The third kappa shape index (κ3) is 4.60. The van der Waals surface area contributed by atoms with Gasteiger partial charge in [-0.25, -0.2) is 4.79 Å². The molecule has 0 bridgehead atoms. The molecule has 7 heteroatoms. The Morgan fingerprint density at radius 3 is 2.52 bits per heavy atom. The third-order valence-corrected chi connectivity index (χ3v) is 4.58. The topological polar surface area (TPSA) is 95.1 Å². The van der Waals surface area contributed by atoms with Gasteiger partial charge in [0, 0.05) is 21.8 Å². The van der Waals surface area contributed by atoms with E-state index in [0.29, 0.717) is 17.1 Å². The Balaban J connectivity index is 2.20. The monoisotopic (exact) mass is 363 g/mol. The first kappa shape index (κ1) is 19.0. The number of nitrogens with one attached hydrogen (secondary N) is 2. The molecule has 3 N–H and O–H groups in total. The Bertz CT molecular complexity index is 755. The number of rotatable bonds is 7. The number of carboxylic acid groups (broad SMARTS) is 1. The molecule has 0 saturated carbocycles. The van der Waals surface area contributed by atoms with E-state index in [2.05, 4.69) is 15.5 Å². The van der Waals surface area contributed by atoms with Gasteiger partial charge in [0.2, 0.25) is 5.91 Å². The van der Waals surface area contributed by atoms with Gasteiger partial charge in [-0.2, -0.15) is 5.10 Å². The van der Waals surface area contributed by atoms with Crippen molar-refractivity contribution in [2.45, 2.75) is 39.7 Å². The first-order valence-corrected chi connectivity index (χ1v) is 8.53. The highest BCUT2D eigenvalue weighted by atomic mass is 35.5. The van der Waals surface area contributed by atoms with Gasteiger partial charge < -0.3 is 10.4 Å². The number of amides is 1. The summed E-state index contributed by atoms with van der Waals surface area (Å²) in [4.78, 5) is 23.8. The highest BCUT2D eigenvalue weighted by Crippen LogP contribution is 2.25. The zero-order chi connectivity index (χ0) is 18.6. The van der Waals surface area contributed by atoms with E-state index in [1.807, 2.05) is 26.0 Å². The van der Waals surface area contributed by atoms with Gasteiger partial charge in [0.15, 0.2) is 0 Å². The largest absolute Gasteiger partial charge is 0.480 e. The lowest BCUT2D eigenvalue weighted by Gasteiger charge is -2.20. The normalized spacial score (nSPS) is 13.3. The van der Waals surface area contributed by atoms with Gasteiger partial charge in [0.25, 0.3) is 0 Å². The maximum Gasteiger partial charge on any atom is 0.326 e. The fourth-order valence-electron chi connectivity index (χ4n) is 2.58. The van der Waals surface area contributed by atoms with Crippen LogP contribution in [0.1, 0.15) is 31.5 Å². The van der Waals surface area contributed by atoms with Crippen molar-refractivity contribution in [1.29, 1.82) is 0 Å². The van der Waals surface area contributed by atoms with Crippen molar-refractivity contribution in [3.05, 3.63) is 40.5 Å². The Morgan fingerprint density at radius 1 is 1.32 bits per heavy atom. The number of aryl methyl sites for hydroxylation is 1. The van der Waals surface area contributed by atoms with Crippen molar-refractivity contribution in [3.8, 4) is 11.3 Å². The number of hydrogen-bond donors (Lipinski definition) is 3. The summed E-state index contributed by atoms with van der Waals surface area (Å²) in [6, 6.07) is 6.28. The third-order valence-electron chi connectivity index (χ3n) is 4.32. The zero-order valence-corrected chi connectivity index (χ0v) is 15.2. The Labute approximate surface area is 151 Å². The summed E-state index contributed by atoms with van der Waals surface area (Å²) < 4.78 is 0. The number of benzene rings is 1. The molecule has 2 aromatic rings. The first-order chi connectivity index (χ1) is 11.8. The molecule has 0 aliphatic heterocycles. The van der Waals surface area contributed by atoms with E-state index in [1.165, 1.54) is 0 Å². The van der Waals surface area contributed by atoms with Gasteiger partial charge in [-0.3, -0.25) is 9.89 Å². The summed E-state index contributed by atoms with van der Waals surface area (Å²) >= 11 is 5.91. The molecular formula is C18H22ClN3O3. The van der Waals surface area contributed by atoms with Gasteiger partial charge in [-0.15, -0.1) is 0 Å². The summed E-state index contributed by atoms with van der Waals surface area (Å²) in [5.41, 5.74) is 3.02. The lowest BCUT2D eigenvalue weighted by atomic mass is 9.98. The van der Waals surface area contributed by atoms with E-state index < -0.39 is 12.0 Å². The molecule has 134 valence electrons. The SMILES string of the molecule is CC[C@H](C)[C@@H](NC(=O)Cc1c(-c2ccc(Cl)cc2)n[nH]c1C)C(=O)O. The average Bonchev–Trinajstić information content (AvgIpc) is 2.93. The minimum absolute atomic E-state index is 0.0561. The smallest absolute Gasteiger partial charge is 0.326 e. The zero-order valence-electron chi connectivity index (χ0n) is 14.5. The summed E-state index contributed by atoms with van der Waals surface area (Å²) in [6.45, 7) is 5.53. The van der Waals surface area contributed by atoms with E-state index in [4.69, 9.17) is 11.6 Å². The van der Waals surface area contributed by atoms with Crippen molar-refractivity contribution in [2.75, 3.05) is 0 Å². The molecule has 1 amide bonds. The van der Waals surface area contributed by atoms with E-state index in [0.717, 1.165) is 16.8 Å². The van der Waals surface area contributed by atoms with Crippen LogP contribution in [0.5, 0.6) is 0 Å². The lowest BCUT2D eigenvalue weighted by Crippen LogP contribution is -2.45. The second-order valence-electron chi connectivity index (χ2n) is 6.13. The van der Waals surface area contributed by atoms with Crippen molar-refractivity contribution >= 4 is 23.5 Å². The molecule has 1 aromatic carbocycles. The number of carbonyl (C=O) groups is 2. The highest BCUT2D eigenvalue weighted by Gasteiger charge is 2.26. The number of H-pyrrole nitrogens is 1. The van der Waals surface area contributed by atoms with Gasteiger partial charge in [0.1, 0.15) is 6.04 Å². The molecule has 2 rings (SSSR count). The first-order valence-electron chi connectivity index (χ1n) is 8.15. The highest BCUT2D eigenvalue weighted by molar-refractivity contribution is 6.30. The van der Waals surface area contributed by atoms with Gasteiger partial charge in [-0.05, 0) is 25.0 Å². The molecule has 0 spiro atoms. The van der Waals surface area contributed by atoms with Crippen LogP contribution in [0.3, 0.4) is 0 Å². The molecule has 0 radical (unpaired) electrons. The van der Waals surface area contributed by atoms with E-state index in [9.17, 15) is 14.7 Å². The summed E-state index contributed by atoms with van der Waals surface area (Å²) in [5, 5.41) is 19.7. The predicted molar refractivity (Wildman–Crippen MR) is 96.5 cm³/mol. The maximum atomic E-state index is 12.4. The summed E-state index contributed by atoms with van der Waals surface area (Å²) in [6.07, 6.45) is 0.721. The second kappa shape index (κ2) is 8.16. The van der Waals surface area contributed by atoms with Crippen molar-refractivity contribution in [3.63, 3.8) is 0 Å². The van der Waals surface area contributed by atoms with Crippen molar-refractivity contribution in [2.24, 2.45) is 5.92 Å². The number of carbonyl (C=O) groups excluding carboxylic acids is 1. The van der Waals surface area contributed by atoms with Crippen LogP contribution in [0.15, 0.2) is 24.3 Å². The van der Waals surface area contributed by atoms with Gasteiger partial charge in [-0.1, -0.05) is 44.0 Å². The summed E-state index contributed by atoms with van der Waals surface area (Å²) in [5.74, 6) is -1.51. The van der Waals surface area contributed by atoms with Crippen LogP contribution in [0, 0.1) is 12.8 Å². The molecule has 0 aliphatic rings. The minimum atomic E-state index is -1.02. The van der Waals surface area contributed by atoms with Gasteiger partial charge in [0.05, 0.1) is 12.1 Å². The Kier molecular flexibility index (Phi) is 6.20. The van der Waals surface area contributed by atoms with Crippen molar-refractivity contribution < 1.29 is 14.7 Å². The number of aromatic amines is 1. The molecule has 0 unspecified atom stereocenters. The van der Waals surface area contributed by atoms with Crippen LogP contribution in [-0.2, 0) is 16.0 Å². The molecule has 0 fully saturated rings. The maximum absolute atomic E-state index is 12.4. The van der Waals surface area contributed by atoms with Gasteiger partial charge >= 0.3 is 5.97 Å². The lowest BCUT2D eigenvalue weighted by molar-refractivity contribution is -0.143. The molecule has 1 aromatic heterocycles. The van der Waals surface area contributed by atoms with Crippen LogP contribution < -0.4 is 5.32 Å². The fraction of sp³-hybridized carbons (Fsp3) is 0.389. The van der Waals surface area contributed by atoms with Crippen LogP contribution in [-0.4, -0.2) is 33.2 Å². The van der Waals surface area contributed by atoms with E-state index in [1.54, 1.807) is 19.1 Å². The Morgan fingerprint density at radius 2 is 1.96 bits per heavy atom. The average molecular weight is 364 g/mol. The van der Waals surface area contributed by atoms with Crippen LogP contribution in [0.2, 0.25) is 5.02 Å². The summed E-state index contributed by atoms with van der Waals surface area (Å²) in [7, 11) is 0. The number of hydrogen-bond acceptors (Lipinski definition) is 3. The second-order valence-corrected chi connectivity index (χ2v) is 6.56. The molecule has 0 saturated heterocycles. The van der Waals surface area contributed by atoms with Crippen LogP contribution in [0.4, 0.5) is 0 Å². The molecular weight excluding hydrogens is 342 g/mol. The minimum Gasteiger partial charge on any atom is -0.480 e. The number of halogens is 1. The van der Waals surface area contributed by atoms with Crippen molar-refractivity contribution in [1.82, 2.24) is 15.5 Å². The van der Waals surface area contributed by atoms with Crippen LogP contribution in [0.25, 0.3) is 11.3 Å². The molecule has 2 atom stereocenters. The number of nitrogens with zero attached hydrogens (tertiary/aromatic N) is 1. The number of aromatic nitrogens is 2. The van der Waals surface area contributed by atoms with E-state index in [-0.39, 0.29) is 18.2 Å². The Hall–Kier alpha value is -2.34. The molecule has 0 aliphatic carbocycles. The number of carboxylic acids is 1. The quantitative estimate of drug-likeness (QED) is 0.704. The number of aliphatic carboxylic acids is 1. The molecule has 6 nitrogen and oxygen atoms in total. The fourth-order valence-corrected chi connectivity index (χ4v) is 2.71. The van der Waals surface area contributed by atoms with E-state index >= 15 is 0 Å². The predicted octanol–water partition coefficient (Wildman–Crippen LogP) is 3.20. The van der Waals surface area contributed by atoms with Crippen LogP contribution >= 0.6 is 11.6 Å². The molecule has 25 heavy (non-hydrogen) atoms. The molecule has 1 heterocycles.